The predicted octanol–water partition coefficient (Wildman–Crippen LogP) is 2.22. The van der Waals surface area contributed by atoms with E-state index in [1.807, 2.05) is 24.3 Å². The average molecular weight is 279 g/mol. The van der Waals surface area contributed by atoms with Crippen LogP contribution in [0.3, 0.4) is 0 Å². The van der Waals surface area contributed by atoms with Gasteiger partial charge in [0.05, 0.1) is 25.6 Å². The highest BCUT2D eigenvalue weighted by Crippen LogP contribution is 2.34. The summed E-state index contributed by atoms with van der Waals surface area (Å²) in [5, 5.41) is 0. The predicted molar refractivity (Wildman–Crippen MR) is 78.1 cm³/mol. The van der Waals surface area contributed by atoms with Crippen molar-refractivity contribution in [1.82, 2.24) is 0 Å². The van der Waals surface area contributed by atoms with E-state index < -0.39 is 10.0 Å². The van der Waals surface area contributed by atoms with Gasteiger partial charge in [-0.1, -0.05) is 18.2 Å². The Bertz CT molecular complexity index is 632. The molecule has 0 atom stereocenters. The van der Waals surface area contributed by atoms with Gasteiger partial charge in [-0.25, -0.2) is 8.42 Å². The van der Waals surface area contributed by atoms with Crippen molar-refractivity contribution < 1.29 is 13.2 Å². The Morgan fingerprint density at radius 1 is 1.47 bits per heavy atom. The first kappa shape index (κ1) is 13.7. The van der Waals surface area contributed by atoms with Crippen molar-refractivity contribution in [3.63, 3.8) is 0 Å². The van der Waals surface area contributed by atoms with Gasteiger partial charge in [0.25, 0.3) is 0 Å². The molecule has 0 radical (unpaired) electrons. The molecule has 0 fully saturated rings. The van der Waals surface area contributed by atoms with Crippen LogP contribution in [-0.4, -0.2) is 28.3 Å². The molecule has 0 unspecified atom stereocenters. The van der Waals surface area contributed by atoms with Crippen LogP contribution in [0, 0.1) is 0 Å². The maximum atomic E-state index is 11.8. The van der Waals surface area contributed by atoms with Crippen LogP contribution in [0.4, 0.5) is 5.69 Å². The van der Waals surface area contributed by atoms with E-state index in [4.69, 9.17) is 4.74 Å². The lowest BCUT2D eigenvalue weighted by atomic mass is 10.0. The third kappa shape index (κ3) is 2.66. The summed E-state index contributed by atoms with van der Waals surface area (Å²) in [6.07, 6.45) is 7.37. The maximum Gasteiger partial charge on any atom is 0.232 e. The van der Waals surface area contributed by atoms with Crippen molar-refractivity contribution in [3.05, 3.63) is 42.0 Å². The summed E-state index contributed by atoms with van der Waals surface area (Å²) in [4.78, 5) is 0. The van der Waals surface area contributed by atoms with Gasteiger partial charge >= 0.3 is 0 Å². The number of hydrogen-bond donors (Lipinski definition) is 0. The van der Waals surface area contributed by atoms with Gasteiger partial charge in [-0.3, -0.25) is 4.31 Å². The van der Waals surface area contributed by atoms with Gasteiger partial charge in [0.15, 0.2) is 0 Å². The Balaban J connectivity index is 2.61. The number of nitrogens with zero attached hydrogens (tertiary/aromatic N) is 1. The summed E-state index contributed by atoms with van der Waals surface area (Å²) in [7, 11) is -1.67. The first-order chi connectivity index (χ1) is 8.97. The Labute approximate surface area is 114 Å². The van der Waals surface area contributed by atoms with E-state index in [0.29, 0.717) is 18.7 Å². The van der Waals surface area contributed by atoms with Crippen LogP contribution in [0.15, 0.2) is 30.9 Å². The lowest BCUT2D eigenvalue weighted by Crippen LogP contribution is -2.32. The number of benzene rings is 1. The molecule has 19 heavy (non-hydrogen) atoms. The second-order valence-corrected chi connectivity index (χ2v) is 6.32. The summed E-state index contributed by atoms with van der Waals surface area (Å²) in [5.74, 6) is 0.749. The number of ether oxygens (including phenoxy) is 1. The van der Waals surface area contributed by atoms with E-state index in [9.17, 15) is 8.42 Å². The molecule has 102 valence electrons. The van der Waals surface area contributed by atoms with Crippen LogP contribution in [-0.2, 0) is 16.4 Å². The van der Waals surface area contributed by atoms with Crippen LogP contribution in [0.2, 0.25) is 0 Å². The number of anilines is 1. The van der Waals surface area contributed by atoms with Gasteiger partial charge in [0.1, 0.15) is 5.75 Å². The zero-order valence-corrected chi connectivity index (χ0v) is 11.9. The number of fused-ring (bicyclic) bond motifs is 1. The minimum absolute atomic E-state index is 0.367. The fourth-order valence-electron chi connectivity index (χ4n) is 2.17. The molecule has 2 rings (SSSR count). The molecule has 0 saturated heterocycles. The van der Waals surface area contributed by atoms with E-state index >= 15 is 0 Å². The Hall–Kier alpha value is -1.75. The minimum Gasteiger partial charge on any atom is -0.496 e. The SMILES string of the molecule is C=CCc1cc2c(cc1OC)C=CCN2S(C)(=O)=O. The smallest absolute Gasteiger partial charge is 0.232 e. The molecular formula is C14H17NO3S. The first-order valence-corrected chi connectivity index (χ1v) is 7.78. The van der Waals surface area contributed by atoms with Crippen LogP contribution < -0.4 is 9.04 Å². The number of methoxy groups -OCH3 is 1. The van der Waals surface area contributed by atoms with Crippen molar-refractivity contribution in [1.29, 1.82) is 0 Å². The molecule has 0 spiro atoms. The number of rotatable bonds is 4. The van der Waals surface area contributed by atoms with Crippen LogP contribution in [0.5, 0.6) is 5.75 Å². The largest absolute Gasteiger partial charge is 0.496 e. The molecule has 4 nitrogen and oxygen atoms in total. The zero-order chi connectivity index (χ0) is 14.0. The van der Waals surface area contributed by atoms with E-state index in [1.54, 1.807) is 13.2 Å². The number of sulfonamides is 1. The first-order valence-electron chi connectivity index (χ1n) is 5.93. The second kappa shape index (κ2) is 5.09. The highest BCUT2D eigenvalue weighted by molar-refractivity contribution is 7.92. The maximum absolute atomic E-state index is 11.8. The Morgan fingerprint density at radius 3 is 2.79 bits per heavy atom. The molecule has 1 aliphatic rings. The molecule has 5 heteroatoms. The molecule has 1 aromatic rings. The third-order valence-electron chi connectivity index (χ3n) is 3.03. The molecule has 0 aromatic heterocycles. The summed E-state index contributed by atoms with van der Waals surface area (Å²) in [6, 6.07) is 3.72. The van der Waals surface area contributed by atoms with E-state index in [-0.39, 0.29) is 0 Å². The Kier molecular flexibility index (Phi) is 3.66. The standard InChI is InChI=1S/C14H17NO3S/c1-4-6-12-9-13-11(10-14(12)18-2)7-5-8-15(13)19(3,16)17/h4-5,7,9-10H,1,6,8H2,2-3H3. The summed E-state index contributed by atoms with van der Waals surface area (Å²) < 4.78 is 30.4. The highest BCUT2D eigenvalue weighted by Gasteiger charge is 2.22. The van der Waals surface area contributed by atoms with Crippen LogP contribution >= 0.6 is 0 Å². The van der Waals surface area contributed by atoms with Crippen molar-refractivity contribution >= 4 is 21.8 Å². The molecule has 0 bridgehead atoms. The van der Waals surface area contributed by atoms with Crippen LogP contribution in [0.1, 0.15) is 11.1 Å². The van der Waals surface area contributed by atoms with Crippen LogP contribution in [0.25, 0.3) is 6.08 Å². The van der Waals surface area contributed by atoms with E-state index in [0.717, 1.165) is 16.9 Å². The van der Waals surface area contributed by atoms with Crippen molar-refractivity contribution in [2.45, 2.75) is 6.42 Å². The summed E-state index contributed by atoms with van der Waals surface area (Å²) in [6.45, 7) is 4.08. The summed E-state index contributed by atoms with van der Waals surface area (Å²) in [5.41, 5.74) is 2.48. The second-order valence-electron chi connectivity index (χ2n) is 4.41. The minimum atomic E-state index is -3.28. The quantitative estimate of drug-likeness (QED) is 0.794. The van der Waals surface area contributed by atoms with E-state index in [1.165, 1.54) is 10.6 Å². The zero-order valence-electron chi connectivity index (χ0n) is 11.1. The Morgan fingerprint density at radius 2 is 2.21 bits per heavy atom. The lowest BCUT2D eigenvalue weighted by Gasteiger charge is -2.27. The molecule has 0 amide bonds. The monoisotopic (exact) mass is 279 g/mol. The number of hydrogen-bond acceptors (Lipinski definition) is 3. The van der Waals surface area contributed by atoms with Gasteiger partial charge in [-0.05, 0) is 24.1 Å². The van der Waals surface area contributed by atoms with E-state index in [2.05, 4.69) is 6.58 Å². The lowest BCUT2D eigenvalue weighted by molar-refractivity contribution is 0.410. The van der Waals surface area contributed by atoms with Crippen molar-refractivity contribution in [3.8, 4) is 5.75 Å². The molecule has 1 aromatic carbocycles. The van der Waals surface area contributed by atoms with Gasteiger partial charge in [-0.2, -0.15) is 0 Å². The number of allylic oxidation sites excluding steroid dienone is 1. The van der Waals surface area contributed by atoms with Crippen molar-refractivity contribution in [2.75, 3.05) is 24.2 Å². The highest BCUT2D eigenvalue weighted by atomic mass is 32.2. The van der Waals surface area contributed by atoms with Gasteiger partial charge in [0.2, 0.25) is 10.0 Å². The molecule has 0 saturated carbocycles. The molecule has 1 aliphatic heterocycles. The normalized spacial score (nSPS) is 14.1. The average Bonchev–Trinajstić information content (AvgIpc) is 2.36. The molecule has 0 N–H and O–H groups in total. The molecular weight excluding hydrogens is 262 g/mol. The fraction of sp³-hybridized carbons (Fsp3) is 0.286. The topological polar surface area (TPSA) is 46.6 Å². The van der Waals surface area contributed by atoms with Crippen molar-refractivity contribution in [2.24, 2.45) is 0 Å². The molecule has 0 aliphatic carbocycles. The van der Waals surface area contributed by atoms with Gasteiger partial charge in [0, 0.05) is 5.56 Å². The van der Waals surface area contributed by atoms with Gasteiger partial charge in [-0.15, -0.1) is 6.58 Å². The van der Waals surface area contributed by atoms with Gasteiger partial charge < -0.3 is 4.74 Å². The molecule has 1 heterocycles. The fourth-order valence-corrected chi connectivity index (χ4v) is 3.04. The third-order valence-corrected chi connectivity index (χ3v) is 4.18. The summed E-state index contributed by atoms with van der Waals surface area (Å²) >= 11 is 0.